The van der Waals surface area contributed by atoms with Crippen molar-refractivity contribution in [2.24, 2.45) is 0 Å². The van der Waals surface area contributed by atoms with Gasteiger partial charge in [-0.3, -0.25) is 14.9 Å². The lowest BCUT2D eigenvalue weighted by Gasteiger charge is -2.32. The largest absolute Gasteiger partial charge is 0.337 e. The van der Waals surface area contributed by atoms with Crippen LogP contribution in [0.5, 0.6) is 0 Å². The van der Waals surface area contributed by atoms with Crippen LogP contribution >= 0.6 is 24.8 Å². The van der Waals surface area contributed by atoms with Crippen LogP contribution in [0.25, 0.3) is 11.3 Å². The predicted octanol–water partition coefficient (Wildman–Crippen LogP) is 2.14. The first-order valence-corrected chi connectivity index (χ1v) is 7.20. The summed E-state index contributed by atoms with van der Waals surface area (Å²) in [6.45, 7) is 1.55. The number of pyridine rings is 1. The molecule has 0 aromatic carbocycles. The third-order valence-corrected chi connectivity index (χ3v) is 3.96. The van der Waals surface area contributed by atoms with E-state index in [0.29, 0.717) is 11.6 Å². The molecular formula is C15H21Cl2N5O. The molecule has 3 heterocycles. The van der Waals surface area contributed by atoms with Crippen LogP contribution in [0.3, 0.4) is 0 Å². The molecule has 23 heavy (non-hydrogen) atoms. The molecule has 1 amide bonds. The topological polar surface area (TPSA) is 73.9 Å². The lowest BCUT2D eigenvalue weighted by Crippen LogP contribution is -2.47. The maximum atomic E-state index is 12.7. The minimum absolute atomic E-state index is 0. The Labute approximate surface area is 147 Å². The fraction of sp³-hybridized carbons (Fsp3) is 0.400. The van der Waals surface area contributed by atoms with Crippen LogP contribution in [0.15, 0.2) is 30.7 Å². The van der Waals surface area contributed by atoms with Crippen LogP contribution in [0.1, 0.15) is 23.2 Å². The van der Waals surface area contributed by atoms with Gasteiger partial charge in [0.1, 0.15) is 0 Å². The lowest BCUT2D eigenvalue weighted by atomic mass is 10.0. The van der Waals surface area contributed by atoms with Crippen molar-refractivity contribution in [1.82, 2.24) is 25.4 Å². The molecule has 1 aliphatic rings. The number of carbonyl (C=O) groups is 1. The van der Waals surface area contributed by atoms with E-state index in [1.54, 1.807) is 18.6 Å². The maximum absolute atomic E-state index is 12.7. The first-order chi connectivity index (χ1) is 10.3. The Hall–Kier alpha value is -1.63. The van der Waals surface area contributed by atoms with Gasteiger partial charge in [-0.1, -0.05) is 0 Å². The van der Waals surface area contributed by atoms with E-state index in [9.17, 15) is 4.79 Å². The number of aromatic amines is 1. The molecule has 8 heteroatoms. The van der Waals surface area contributed by atoms with E-state index in [1.807, 2.05) is 24.1 Å². The highest BCUT2D eigenvalue weighted by Crippen LogP contribution is 2.22. The van der Waals surface area contributed by atoms with Crippen molar-refractivity contribution in [2.45, 2.75) is 18.9 Å². The van der Waals surface area contributed by atoms with Gasteiger partial charge in [0.15, 0.2) is 0 Å². The highest BCUT2D eigenvalue weighted by atomic mass is 35.5. The van der Waals surface area contributed by atoms with Crippen molar-refractivity contribution in [3.8, 4) is 11.3 Å². The summed E-state index contributed by atoms with van der Waals surface area (Å²) in [5.41, 5.74) is 2.31. The molecule has 1 aliphatic heterocycles. The Morgan fingerprint density at radius 2 is 2.09 bits per heavy atom. The smallest absolute Gasteiger partial charge is 0.257 e. The monoisotopic (exact) mass is 357 g/mol. The van der Waals surface area contributed by atoms with Crippen LogP contribution in [-0.2, 0) is 0 Å². The first-order valence-electron chi connectivity index (χ1n) is 7.20. The number of halogens is 2. The molecular weight excluding hydrogens is 337 g/mol. The second-order valence-electron chi connectivity index (χ2n) is 5.27. The molecule has 0 radical (unpaired) electrons. The minimum Gasteiger partial charge on any atom is -0.337 e. The Morgan fingerprint density at radius 1 is 1.35 bits per heavy atom. The minimum atomic E-state index is 0. The number of rotatable bonds is 3. The number of piperidine rings is 1. The van der Waals surface area contributed by atoms with Crippen LogP contribution in [-0.4, -0.2) is 52.2 Å². The van der Waals surface area contributed by atoms with E-state index in [4.69, 9.17) is 0 Å². The van der Waals surface area contributed by atoms with Gasteiger partial charge < -0.3 is 10.2 Å². The molecule has 6 nitrogen and oxygen atoms in total. The van der Waals surface area contributed by atoms with Crippen molar-refractivity contribution < 1.29 is 4.79 Å². The highest BCUT2D eigenvalue weighted by Gasteiger charge is 2.26. The molecule has 1 saturated heterocycles. The number of nitrogens with zero attached hydrogens (tertiary/aromatic N) is 3. The summed E-state index contributed by atoms with van der Waals surface area (Å²) in [5.74, 6) is 0.0375. The van der Waals surface area contributed by atoms with Gasteiger partial charge >= 0.3 is 0 Å². The van der Waals surface area contributed by atoms with Gasteiger partial charge in [-0.05, 0) is 32.0 Å². The van der Waals surface area contributed by atoms with E-state index < -0.39 is 0 Å². The molecule has 0 saturated carbocycles. The Balaban J connectivity index is 0.00000132. The van der Waals surface area contributed by atoms with Crippen molar-refractivity contribution in [3.63, 3.8) is 0 Å². The molecule has 1 unspecified atom stereocenters. The molecule has 0 spiro atoms. The summed E-state index contributed by atoms with van der Waals surface area (Å²) in [6.07, 6.45) is 7.17. The summed E-state index contributed by atoms with van der Waals surface area (Å²) in [7, 11) is 1.94. The number of hydrogen-bond acceptors (Lipinski definition) is 4. The zero-order chi connectivity index (χ0) is 14.7. The number of H-pyrrole nitrogens is 1. The molecule has 2 aromatic rings. The molecule has 1 fully saturated rings. The summed E-state index contributed by atoms with van der Waals surface area (Å²) >= 11 is 0. The highest BCUT2D eigenvalue weighted by molar-refractivity contribution is 5.99. The standard InChI is InChI=1S/C15H19N5O.2ClH/c1-16-12-3-2-8-20(10-12)15(21)13-9-18-19-14(13)11-4-6-17-7-5-11;;/h4-7,9,12,16H,2-3,8,10H2,1H3,(H,18,19);2*1H. The number of amides is 1. The van der Waals surface area contributed by atoms with Gasteiger partial charge in [0.05, 0.1) is 17.5 Å². The molecule has 126 valence electrons. The van der Waals surface area contributed by atoms with Crippen molar-refractivity contribution >= 4 is 30.7 Å². The fourth-order valence-electron chi connectivity index (χ4n) is 2.75. The van der Waals surface area contributed by atoms with E-state index >= 15 is 0 Å². The van der Waals surface area contributed by atoms with Gasteiger partial charge in [0, 0.05) is 37.1 Å². The van der Waals surface area contributed by atoms with Crippen molar-refractivity contribution in [2.75, 3.05) is 20.1 Å². The average molecular weight is 358 g/mol. The van der Waals surface area contributed by atoms with Crippen molar-refractivity contribution in [3.05, 3.63) is 36.3 Å². The third-order valence-electron chi connectivity index (χ3n) is 3.96. The Morgan fingerprint density at radius 3 is 2.78 bits per heavy atom. The van der Waals surface area contributed by atoms with Gasteiger partial charge in [-0.15, -0.1) is 24.8 Å². The number of carbonyl (C=O) groups excluding carboxylic acids is 1. The van der Waals surface area contributed by atoms with E-state index in [-0.39, 0.29) is 30.7 Å². The lowest BCUT2D eigenvalue weighted by molar-refractivity contribution is 0.0699. The van der Waals surface area contributed by atoms with Gasteiger partial charge in [-0.2, -0.15) is 5.10 Å². The molecule has 3 rings (SSSR count). The third kappa shape index (κ3) is 4.22. The van der Waals surface area contributed by atoms with Gasteiger partial charge in [0.25, 0.3) is 5.91 Å². The summed E-state index contributed by atoms with van der Waals surface area (Å²) in [4.78, 5) is 18.6. The van der Waals surface area contributed by atoms with E-state index in [2.05, 4.69) is 20.5 Å². The predicted molar refractivity (Wildman–Crippen MR) is 94.3 cm³/mol. The second-order valence-corrected chi connectivity index (χ2v) is 5.27. The fourth-order valence-corrected chi connectivity index (χ4v) is 2.75. The number of likely N-dealkylation sites (tertiary alicyclic amines) is 1. The zero-order valence-corrected chi connectivity index (χ0v) is 14.5. The number of hydrogen-bond donors (Lipinski definition) is 2. The Kier molecular flexibility index (Phi) is 7.48. The molecule has 2 N–H and O–H groups in total. The van der Waals surface area contributed by atoms with E-state index in [1.165, 1.54) is 0 Å². The van der Waals surface area contributed by atoms with Gasteiger partial charge in [0.2, 0.25) is 0 Å². The normalized spacial score (nSPS) is 17.1. The van der Waals surface area contributed by atoms with Crippen LogP contribution in [0.2, 0.25) is 0 Å². The molecule has 2 aromatic heterocycles. The summed E-state index contributed by atoms with van der Waals surface area (Å²) in [5, 5.41) is 10.2. The first kappa shape index (κ1) is 19.4. The summed E-state index contributed by atoms with van der Waals surface area (Å²) in [6, 6.07) is 4.12. The quantitative estimate of drug-likeness (QED) is 0.882. The molecule has 0 bridgehead atoms. The van der Waals surface area contributed by atoms with Crippen LogP contribution < -0.4 is 5.32 Å². The van der Waals surface area contributed by atoms with Crippen LogP contribution in [0.4, 0.5) is 0 Å². The van der Waals surface area contributed by atoms with Crippen molar-refractivity contribution in [1.29, 1.82) is 0 Å². The average Bonchev–Trinajstić information content (AvgIpc) is 3.04. The maximum Gasteiger partial charge on any atom is 0.257 e. The van der Waals surface area contributed by atoms with E-state index in [0.717, 1.165) is 37.2 Å². The second kappa shape index (κ2) is 8.86. The SMILES string of the molecule is CNC1CCCN(C(=O)c2cn[nH]c2-c2ccncc2)C1.Cl.Cl. The van der Waals surface area contributed by atoms with Crippen LogP contribution in [0, 0.1) is 0 Å². The number of nitrogens with one attached hydrogen (secondary N) is 2. The number of likely N-dealkylation sites (N-methyl/N-ethyl adjacent to an activating group) is 1. The zero-order valence-electron chi connectivity index (χ0n) is 12.9. The molecule has 1 atom stereocenters. The van der Waals surface area contributed by atoms with Gasteiger partial charge in [-0.25, -0.2) is 0 Å². The summed E-state index contributed by atoms with van der Waals surface area (Å²) < 4.78 is 0. The Bertz CT molecular complexity index is 619. The number of aromatic nitrogens is 3. The molecule has 0 aliphatic carbocycles.